The number of hydrogen-bond acceptors (Lipinski definition) is 6. The van der Waals surface area contributed by atoms with Crippen molar-refractivity contribution in [1.82, 2.24) is 19.8 Å². The Labute approximate surface area is 146 Å². The zero-order valence-corrected chi connectivity index (χ0v) is 14.8. The Kier molecular flexibility index (Phi) is 4.37. The van der Waals surface area contributed by atoms with E-state index < -0.39 is 0 Å². The third-order valence-corrected chi connectivity index (χ3v) is 5.75. The predicted octanol–water partition coefficient (Wildman–Crippen LogP) is 1.68. The predicted molar refractivity (Wildman–Crippen MR) is 96.4 cm³/mol. The van der Waals surface area contributed by atoms with Gasteiger partial charge in [0.05, 0.1) is 11.9 Å². The molecule has 4 rings (SSSR count). The molecule has 6 nitrogen and oxygen atoms in total. The number of thiophene rings is 1. The van der Waals surface area contributed by atoms with E-state index in [1.54, 1.807) is 17.7 Å². The molecule has 0 unspecified atom stereocenters. The SMILES string of the molecule is CN(CC1CC1)C(=O)CN1CCN(c2ncnc3sccc23)CC1. The number of amides is 1. The molecule has 0 N–H and O–H groups in total. The summed E-state index contributed by atoms with van der Waals surface area (Å²) in [5.41, 5.74) is 0. The Morgan fingerprint density at radius 1 is 1.29 bits per heavy atom. The molecule has 0 aromatic carbocycles. The van der Waals surface area contributed by atoms with Crippen LogP contribution in [0.4, 0.5) is 5.82 Å². The summed E-state index contributed by atoms with van der Waals surface area (Å²) in [4.78, 5) is 28.6. The molecule has 1 saturated heterocycles. The first-order valence-corrected chi connectivity index (χ1v) is 9.48. The minimum atomic E-state index is 0.248. The first kappa shape index (κ1) is 15.8. The molecule has 24 heavy (non-hydrogen) atoms. The fraction of sp³-hybridized carbons (Fsp3) is 0.588. The van der Waals surface area contributed by atoms with Crippen LogP contribution in [0.2, 0.25) is 0 Å². The first-order chi connectivity index (χ1) is 11.7. The highest BCUT2D eigenvalue weighted by Crippen LogP contribution is 2.29. The van der Waals surface area contributed by atoms with Crippen LogP contribution >= 0.6 is 11.3 Å². The van der Waals surface area contributed by atoms with E-state index in [0.717, 1.165) is 54.7 Å². The van der Waals surface area contributed by atoms with Gasteiger partial charge in [0.15, 0.2) is 0 Å². The second-order valence-electron chi connectivity index (χ2n) is 6.82. The summed E-state index contributed by atoms with van der Waals surface area (Å²) in [5.74, 6) is 2.03. The molecule has 2 aromatic heterocycles. The average molecular weight is 345 g/mol. The van der Waals surface area contributed by atoms with E-state index in [1.165, 1.54) is 12.8 Å². The van der Waals surface area contributed by atoms with E-state index in [-0.39, 0.29) is 5.91 Å². The largest absolute Gasteiger partial charge is 0.353 e. The molecule has 0 atom stereocenters. The number of nitrogens with zero attached hydrogens (tertiary/aromatic N) is 5. The van der Waals surface area contributed by atoms with Crippen molar-refractivity contribution in [3.8, 4) is 0 Å². The van der Waals surface area contributed by atoms with Gasteiger partial charge in [-0.2, -0.15) is 0 Å². The quantitative estimate of drug-likeness (QED) is 0.825. The third kappa shape index (κ3) is 3.37. The molecule has 0 bridgehead atoms. The van der Waals surface area contributed by atoms with Crippen molar-refractivity contribution in [2.24, 2.45) is 5.92 Å². The molecule has 1 aliphatic heterocycles. The number of aromatic nitrogens is 2. The van der Waals surface area contributed by atoms with E-state index in [2.05, 4.69) is 31.2 Å². The van der Waals surface area contributed by atoms with Crippen molar-refractivity contribution >= 4 is 33.3 Å². The Hall–Kier alpha value is -1.73. The van der Waals surface area contributed by atoms with Crippen LogP contribution in [0, 0.1) is 5.92 Å². The van der Waals surface area contributed by atoms with Gasteiger partial charge in [-0.3, -0.25) is 9.69 Å². The summed E-state index contributed by atoms with van der Waals surface area (Å²) in [6.45, 7) is 5.07. The van der Waals surface area contributed by atoms with Crippen LogP contribution < -0.4 is 4.90 Å². The van der Waals surface area contributed by atoms with Crippen LogP contribution in [0.5, 0.6) is 0 Å². The number of carbonyl (C=O) groups excluding carboxylic acids is 1. The second kappa shape index (κ2) is 6.64. The lowest BCUT2D eigenvalue weighted by molar-refractivity contribution is -0.131. The minimum absolute atomic E-state index is 0.248. The van der Waals surface area contributed by atoms with E-state index in [0.29, 0.717) is 6.54 Å². The van der Waals surface area contributed by atoms with Gasteiger partial charge in [0.25, 0.3) is 0 Å². The molecule has 1 amide bonds. The summed E-state index contributed by atoms with van der Waals surface area (Å²) < 4.78 is 0. The molecule has 2 fully saturated rings. The van der Waals surface area contributed by atoms with Crippen LogP contribution in [0.25, 0.3) is 10.2 Å². The van der Waals surface area contributed by atoms with Gasteiger partial charge in [-0.15, -0.1) is 11.3 Å². The van der Waals surface area contributed by atoms with E-state index in [9.17, 15) is 4.79 Å². The van der Waals surface area contributed by atoms with Crippen molar-refractivity contribution in [3.05, 3.63) is 17.8 Å². The summed E-state index contributed by atoms with van der Waals surface area (Å²) >= 11 is 1.65. The van der Waals surface area contributed by atoms with Gasteiger partial charge in [-0.05, 0) is 30.2 Å². The number of piperazine rings is 1. The normalized spacial score (nSPS) is 19.0. The number of fused-ring (bicyclic) bond motifs is 1. The van der Waals surface area contributed by atoms with Gasteiger partial charge in [0, 0.05) is 39.8 Å². The van der Waals surface area contributed by atoms with Gasteiger partial charge >= 0.3 is 0 Å². The van der Waals surface area contributed by atoms with Crippen molar-refractivity contribution in [1.29, 1.82) is 0 Å². The standard InChI is InChI=1S/C17H23N5OS/c1-20(10-13-2-3-13)15(23)11-21-5-7-22(8-6-21)16-14-4-9-24-17(14)19-12-18-16/h4,9,12-13H,2-3,5-8,10-11H2,1H3. The Morgan fingerprint density at radius 2 is 2.08 bits per heavy atom. The average Bonchev–Trinajstić information content (AvgIpc) is 3.27. The van der Waals surface area contributed by atoms with Crippen molar-refractivity contribution in [2.45, 2.75) is 12.8 Å². The summed E-state index contributed by atoms with van der Waals surface area (Å²) in [6.07, 6.45) is 4.22. The van der Waals surface area contributed by atoms with E-state index in [1.807, 2.05) is 11.9 Å². The molecule has 0 radical (unpaired) electrons. The summed E-state index contributed by atoms with van der Waals surface area (Å²) in [5, 5.41) is 3.20. The van der Waals surface area contributed by atoms with Gasteiger partial charge in [-0.25, -0.2) is 9.97 Å². The molecule has 128 valence electrons. The van der Waals surface area contributed by atoms with Crippen molar-refractivity contribution < 1.29 is 4.79 Å². The van der Waals surface area contributed by atoms with Crippen molar-refractivity contribution in [2.75, 3.05) is 51.2 Å². The number of rotatable bonds is 5. The van der Waals surface area contributed by atoms with E-state index in [4.69, 9.17) is 0 Å². The molecule has 1 aliphatic carbocycles. The maximum absolute atomic E-state index is 12.3. The highest BCUT2D eigenvalue weighted by Gasteiger charge is 2.26. The summed E-state index contributed by atoms with van der Waals surface area (Å²) in [6, 6.07) is 2.10. The van der Waals surface area contributed by atoms with Crippen LogP contribution in [0.1, 0.15) is 12.8 Å². The van der Waals surface area contributed by atoms with Gasteiger partial charge in [0.1, 0.15) is 17.0 Å². The smallest absolute Gasteiger partial charge is 0.236 e. The van der Waals surface area contributed by atoms with Gasteiger partial charge in [-0.1, -0.05) is 0 Å². The molecule has 2 aliphatic rings. The molecule has 2 aromatic rings. The Bertz CT molecular complexity index is 721. The van der Waals surface area contributed by atoms with Crippen LogP contribution in [0.3, 0.4) is 0 Å². The van der Waals surface area contributed by atoms with Crippen LogP contribution in [-0.2, 0) is 4.79 Å². The third-order valence-electron chi connectivity index (χ3n) is 4.93. The zero-order valence-electron chi connectivity index (χ0n) is 14.0. The topological polar surface area (TPSA) is 52.6 Å². The number of likely N-dealkylation sites (N-methyl/N-ethyl adjacent to an activating group) is 1. The number of anilines is 1. The number of carbonyl (C=O) groups is 1. The fourth-order valence-corrected chi connectivity index (χ4v) is 3.98. The first-order valence-electron chi connectivity index (χ1n) is 8.60. The number of hydrogen-bond donors (Lipinski definition) is 0. The lowest BCUT2D eigenvalue weighted by Gasteiger charge is -2.35. The maximum atomic E-state index is 12.3. The zero-order chi connectivity index (χ0) is 16.5. The van der Waals surface area contributed by atoms with Gasteiger partial charge in [0.2, 0.25) is 5.91 Å². The minimum Gasteiger partial charge on any atom is -0.353 e. The van der Waals surface area contributed by atoms with E-state index >= 15 is 0 Å². The molecular weight excluding hydrogens is 322 g/mol. The lowest BCUT2D eigenvalue weighted by atomic mass is 10.2. The molecular formula is C17H23N5OS. The molecule has 1 saturated carbocycles. The van der Waals surface area contributed by atoms with Crippen LogP contribution in [-0.4, -0.2) is 72.0 Å². The van der Waals surface area contributed by atoms with Crippen LogP contribution in [0.15, 0.2) is 17.8 Å². The Balaban J connectivity index is 1.33. The molecule has 7 heteroatoms. The molecule has 0 spiro atoms. The Morgan fingerprint density at radius 3 is 2.83 bits per heavy atom. The maximum Gasteiger partial charge on any atom is 0.236 e. The molecule has 3 heterocycles. The lowest BCUT2D eigenvalue weighted by Crippen LogP contribution is -2.50. The monoisotopic (exact) mass is 345 g/mol. The summed E-state index contributed by atoms with van der Waals surface area (Å²) in [7, 11) is 1.94. The van der Waals surface area contributed by atoms with Crippen molar-refractivity contribution in [3.63, 3.8) is 0 Å². The highest BCUT2D eigenvalue weighted by atomic mass is 32.1. The highest BCUT2D eigenvalue weighted by molar-refractivity contribution is 7.16. The fourth-order valence-electron chi connectivity index (χ4n) is 3.25. The second-order valence-corrected chi connectivity index (χ2v) is 7.71. The van der Waals surface area contributed by atoms with Gasteiger partial charge < -0.3 is 9.80 Å².